The van der Waals surface area contributed by atoms with Crippen molar-refractivity contribution in [3.05, 3.63) is 122 Å². The smallest absolute Gasteiger partial charge is 0.306 e. The van der Waals surface area contributed by atoms with Gasteiger partial charge >= 0.3 is 17.9 Å². The number of ether oxygens (including phenoxy) is 3. The minimum absolute atomic E-state index is 0.118. The van der Waals surface area contributed by atoms with E-state index in [1.54, 1.807) is 0 Å². The maximum atomic E-state index is 12.8. The van der Waals surface area contributed by atoms with Gasteiger partial charge in [-0.3, -0.25) is 14.4 Å². The van der Waals surface area contributed by atoms with Crippen molar-refractivity contribution in [2.45, 2.75) is 245 Å². The zero-order chi connectivity index (χ0) is 50.0. The minimum atomic E-state index is -0.828. The molecule has 0 bridgehead atoms. The number of rotatable bonds is 49. The molecule has 0 fully saturated rings. The fourth-order valence-electron chi connectivity index (χ4n) is 7.22. The summed E-state index contributed by atoms with van der Waals surface area (Å²) in [5.41, 5.74) is 0. The van der Waals surface area contributed by atoms with Crippen LogP contribution in [0.2, 0.25) is 0 Å². The zero-order valence-corrected chi connectivity index (χ0v) is 44.5. The van der Waals surface area contributed by atoms with Gasteiger partial charge in [-0.05, 0) is 128 Å². The summed E-state index contributed by atoms with van der Waals surface area (Å²) in [6, 6.07) is 0. The average Bonchev–Trinajstić information content (AvgIpc) is 3.35. The lowest BCUT2D eigenvalue weighted by Gasteiger charge is -2.18. The number of carbonyl (C=O) groups is 3. The van der Waals surface area contributed by atoms with Gasteiger partial charge in [0.1, 0.15) is 13.2 Å². The van der Waals surface area contributed by atoms with Crippen LogP contribution in [0, 0.1) is 0 Å². The Morgan fingerprint density at radius 1 is 0.304 bits per heavy atom. The van der Waals surface area contributed by atoms with Gasteiger partial charge in [-0.1, -0.05) is 213 Å². The molecule has 0 spiro atoms. The quantitative estimate of drug-likeness (QED) is 0.0262. The zero-order valence-electron chi connectivity index (χ0n) is 44.5. The van der Waals surface area contributed by atoms with Crippen molar-refractivity contribution in [3.63, 3.8) is 0 Å². The van der Waals surface area contributed by atoms with Crippen molar-refractivity contribution >= 4 is 17.9 Å². The first kappa shape index (κ1) is 64.8. The van der Waals surface area contributed by atoms with Crippen LogP contribution in [-0.2, 0) is 28.6 Å². The molecule has 0 aliphatic carbocycles. The number of unbranched alkanes of at least 4 members (excludes halogenated alkanes) is 18. The van der Waals surface area contributed by atoms with Crippen LogP contribution in [0.1, 0.15) is 239 Å². The molecule has 0 aliphatic rings. The summed E-state index contributed by atoms with van der Waals surface area (Å²) < 4.78 is 16.8. The first-order valence-corrected chi connectivity index (χ1v) is 28.0. The standard InChI is InChI=1S/C63H102O6/c1-4-7-10-13-16-19-22-25-28-30-31-33-35-38-41-44-47-50-53-56-62(65)68-59-60(58-67-61(64)55-52-49-46-43-40-37-34-27-24-21-18-15-12-9-6-3)69-63(66)57-54-51-48-45-42-39-36-32-29-26-23-20-17-14-11-8-5-2/h8,11,16-17,19-20,25-29,31,33-34,36,38-39,41,45,48,60H,4-7,9-10,12-15,18,21-24,30,32,35,37,40,42-44,46-47,49-59H2,1-3H3/b11-8-,19-16-,20-17-,28-25-,29-26-,33-31-,34-27-,39-36-,41-38-,48-45-/t60-/m1/s1. The second-order valence-electron chi connectivity index (χ2n) is 18.1. The van der Waals surface area contributed by atoms with Gasteiger partial charge in [0.05, 0.1) is 0 Å². The van der Waals surface area contributed by atoms with E-state index in [0.717, 1.165) is 116 Å². The molecular weight excluding hydrogens is 853 g/mol. The molecule has 0 unspecified atom stereocenters. The van der Waals surface area contributed by atoms with Gasteiger partial charge < -0.3 is 14.2 Å². The van der Waals surface area contributed by atoms with Crippen LogP contribution < -0.4 is 0 Å². The summed E-state index contributed by atoms with van der Waals surface area (Å²) in [5.74, 6) is -1.02. The van der Waals surface area contributed by atoms with Crippen molar-refractivity contribution < 1.29 is 28.6 Å². The van der Waals surface area contributed by atoms with Crippen LogP contribution in [0.25, 0.3) is 0 Å². The van der Waals surface area contributed by atoms with Crippen molar-refractivity contribution in [2.75, 3.05) is 13.2 Å². The van der Waals surface area contributed by atoms with Gasteiger partial charge in [0.15, 0.2) is 6.10 Å². The molecular formula is C63H102O6. The SMILES string of the molecule is CC/C=C\C/C=C\C/C=C\C/C=C\C/C=C\CCCC(=O)O[C@@H](COC(=O)CCCCC/C=C\C/C=C\C/C=C\C/C=C\CCCCC)COC(=O)CCCCCCC/C=C\CCCCCCCC. The summed E-state index contributed by atoms with van der Waals surface area (Å²) in [7, 11) is 0. The first-order chi connectivity index (χ1) is 34.0. The van der Waals surface area contributed by atoms with E-state index in [9.17, 15) is 14.4 Å². The largest absolute Gasteiger partial charge is 0.462 e. The van der Waals surface area contributed by atoms with Gasteiger partial charge in [-0.15, -0.1) is 0 Å². The Kier molecular flexibility index (Phi) is 53.0. The Morgan fingerprint density at radius 2 is 0.580 bits per heavy atom. The molecule has 0 heterocycles. The van der Waals surface area contributed by atoms with E-state index in [2.05, 4.69) is 142 Å². The van der Waals surface area contributed by atoms with Gasteiger partial charge in [-0.25, -0.2) is 0 Å². The molecule has 0 aromatic carbocycles. The predicted molar refractivity (Wildman–Crippen MR) is 297 cm³/mol. The third-order valence-corrected chi connectivity index (χ3v) is 11.4. The van der Waals surface area contributed by atoms with E-state index in [1.807, 2.05) is 0 Å². The Bertz CT molecular complexity index is 1470. The van der Waals surface area contributed by atoms with Gasteiger partial charge in [0.25, 0.3) is 0 Å². The molecule has 390 valence electrons. The molecule has 0 aromatic rings. The monoisotopic (exact) mass is 955 g/mol. The van der Waals surface area contributed by atoms with Crippen molar-refractivity contribution in [1.29, 1.82) is 0 Å². The van der Waals surface area contributed by atoms with Gasteiger partial charge in [-0.2, -0.15) is 0 Å². The molecule has 0 amide bonds. The van der Waals surface area contributed by atoms with Crippen molar-refractivity contribution in [2.24, 2.45) is 0 Å². The number of allylic oxidation sites excluding steroid dienone is 20. The number of esters is 3. The molecule has 0 radical (unpaired) electrons. The molecule has 0 N–H and O–H groups in total. The summed E-state index contributed by atoms with van der Waals surface area (Å²) in [6.45, 7) is 6.40. The number of hydrogen-bond donors (Lipinski definition) is 0. The lowest BCUT2D eigenvalue weighted by atomic mass is 10.1. The first-order valence-electron chi connectivity index (χ1n) is 28.0. The van der Waals surface area contributed by atoms with E-state index in [1.165, 1.54) is 77.0 Å². The number of hydrogen-bond acceptors (Lipinski definition) is 6. The molecule has 6 heteroatoms. The Balaban J connectivity index is 4.57. The van der Waals surface area contributed by atoms with Crippen LogP contribution >= 0.6 is 0 Å². The highest BCUT2D eigenvalue weighted by Crippen LogP contribution is 2.12. The Morgan fingerprint density at radius 3 is 0.986 bits per heavy atom. The van der Waals surface area contributed by atoms with E-state index in [4.69, 9.17) is 14.2 Å². The van der Waals surface area contributed by atoms with Gasteiger partial charge in [0.2, 0.25) is 0 Å². The summed E-state index contributed by atoms with van der Waals surface area (Å²) in [6.07, 6.45) is 77.6. The molecule has 0 rings (SSSR count). The summed E-state index contributed by atoms with van der Waals surface area (Å²) >= 11 is 0. The van der Waals surface area contributed by atoms with E-state index in [0.29, 0.717) is 19.3 Å². The van der Waals surface area contributed by atoms with Crippen LogP contribution in [0.5, 0.6) is 0 Å². The molecule has 0 saturated carbocycles. The lowest BCUT2D eigenvalue weighted by Crippen LogP contribution is -2.30. The summed E-state index contributed by atoms with van der Waals surface area (Å²) in [5, 5.41) is 0. The van der Waals surface area contributed by atoms with Crippen LogP contribution in [0.15, 0.2) is 122 Å². The molecule has 0 aromatic heterocycles. The van der Waals surface area contributed by atoms with Crippen molar-refractivity contribution in [3.8, 4) is 0 Å². The highest BCUT2D eigenvalue weighted by molar-refractivity contribution is 5.71. The second kappa shape index (κ2) is 56.4. The maximum absolute atomic E-state index is 12.8. The molecule has 69 heavy (non-hydrogen) atoms. The van der Waals surface area contributed by atoms with Crippen molar-refractivity contribution in [1.82, 2.24) is 0 Å². The van der Waals surface area contributed by atoms with E-state index < -0.39 is 6.10 Å². The minimum Gasteiger partial charge on any atom is -0.462 e. The highest BCUT2D eigenvalue weighted by atomic mass is 16.6. The average molecular weight is 956 g/mol. The Hall–Kier alpha value is -4.19. The predicted octanol–water partition coefficient (Wildman–Crippen LogP) is 18.9. The maximum Gasteiger partial charge on any atom is 0.306 e. The Labute approximate surface area is 424 Å². The third kappa shape index (κ3) is 54.6. The second-order valence-corrected chi connectivity index (χ2v) is 18.1. The van der Waals surface area contributed by atoms with E-state index in [-0.39, 0.29) is 37.5 Å². The highest BCUT2D eigenvalue weighted by Gasteiger charge is 2.19. The van der Waals surface area contributed by atoms with E-state index >= 15 is 0 Å². The normalized spacial score (nSPS) is 13.0. The molecule has 6 nitrogen and oxygen atoms in total. The lowest BCUT2D eigenvalue weighted by molar-refractivity contribution is -0.167. The van der Waals surface area contributed by atoms with Crippen LogP contribution in [-0.4, -0.2) is 37.2 Å². The topological polar surface area (TPSA) is 78.9 Å². The molecule has 0 aliphatic heterocycles. The van der Waals surface area contributed by atoms with Gasteiger partial charge in [0, 0.05) is 19.3 Å². The summed E-state index contributed by atoms with van der Waals surface area (Å²) in [4.78, 5) is 38.1. The number of carbonyl (C=O) groups excluding carboxylic acids is 3. The van der Waals surface area contributed by atoms with Crippen LogP contribution in [0.4, 0.5) is 0 Å². The third-order valence-electron chi connectivity index (χ3n) is 11.4. The van der Waals surface area contributed by atoms with Crippen LogP contribution in [0.3, 0.4) is 0 Å². The fourth-order valence-corrected chi connectivity index (χ4v) is 7.22. The fraction of sp³-hybridized carbons (Fsp3) is 0.635. The molecule has 0 saturated heterocycles. The molecule has 1 atom stereocenters.